The number of carbonyl (C=O) groups excluding carboxylic acids is 3. The van der Waals surface area contributed by atoms with Gasteiger partial charge in [0.15, 0.2) is 6.10 Å². The first-order valence-corrected chi connectivity index (χ1v) is 28.5. The van der Waals surface area contributed by atoms with Crippen molar-refractivity contribution in [1.29, 1.82) is 0 Å². The topological polar surface area (TPSA) is 78.9 Å². The van der Waals surface area contributed by atoms with E-state index in [9.17, 15) is 14.4 Å². The summed E-state index contributed by atoms with van der Waals surface area (Å²) in [4.78, 5) is 38.0. The monoisotopic (exact) mass is 969 g/mol. The molecule has 6 nitrogen and oxygen atoms in total. The molecular weight excluding hydrogens is 865 g/mol. The highest BCUT2D eigenvalue weighted by atomic mass is 16.6. The van der Waals surface area contributed by atoms with E-state index in [-0.39, 0.29) is 31.1 Å². The van der Waals surface area contributed by atoms with Gasteiger partial charge in [-0.15, -0.1) is 0 Å². The van der Waals surface area contributed by atoms with E-state index in [4.69, 9.17) is 14.2 Å². The Labute approximate surface area is 431 Å². The Morgan fingerprint density at radius 2 is 0.557 bits per heavy atom. The predicted octanol–water partition coefficient (Wildman–Crippen LogP) is 19.3. The molecule has 0 aromatic rings. The SMILES string of the molecule is CC/C=C\C/C=C\C/C=C\C/C=C\C/C=C\CCCCCCCCCC(=O)OCC(COC(=O)CCCCCCCCCC)OC(=O)CCCCCCC/C=C\C/C=C\C/C=C\C/C=C\C/C=C\CC. The van der Waals surface area contributed by atoms with E-state index in [0.717, 1.165) is 148 Å². The number of carbonyl (C=O) groups is 3. The summed E-state index contributed by atoms with van der Waals surface area (Å²) < 4.78 is 16.8. The molecule has 0 bridgehead atoms. The van der Waals surface area contributed by atoms with Crippen LogP contribution < -0.4 is 0 Å². The number of ether oxygens (including phenoxy) is 3. The van der Waals surface area contributed by atoms with Crippen molar-refractivity contribution >= 4 is 17.9 Å². The Bertz CT molecular complexity index is 1490. The van der Waals surface area contributed by atoms with E-state index in [2.05, 4.69) is 142 Å². The van der Waals surface area contributed by atoms with Crippen LogP contribution in [0.3, 0.4) is 0 Å². The molecule has 1 unspecified atom stereocenters. The lowest BCUT2D eigenvalue weighted by molar-refractivity contribution is -0.167. The standard InChI is InChI=1S/C64H104O6/c1-4-7-10-13-16-19-21-23-25-27-29-31-32-34-35-37-39-41-43-45-48-51-54-57-63(66)69-60-61(59-68-62(65)56-53-50-47-18-15-12-9-6-3)70-64(67)58-55-52-49-46-44-42-40-38-36-33-30-28-26-24-22-20-17-14-11-8-5-2/h7-8,10-11,16-17,19-20,23-26,29-31,33-35,38,40,61H,4-6,9,12-15,18,21-22,27-28,32,36-37,39,41-60H2,1-3H3/b10-7-,11-8-,19-16-,20-17-,25-23-,26-24-,31-29-,33-30-,35-34-,40-38-. The minimum atomic E-state index is -0.794. The molecule has 0 fully saturated rings. The molecular formula is C64H104O6. The summed E-state index contributed by atoms with van der Waals surface area (Å²) in [5.74, 6) is -0.929. The van der Waals surface area contributed by atoms with Crippen molar-refractivity contribution in [2.45, 2.75) is 252 Å². The van der Waals surface area contributed by atoms with E-state index in [1.54, 1.807) is 0 Å². The minimum Gasteiger partial charge on any atom is -0.462 e. The van der Waals surface area contributed by atoms with Crippen molar-refractivity contribution in [3.05, 3.63) is 122 Å². The number of rotatable bonds is 50. The van der Waals surface area contributed by atoms with Crippen LogP contribution in [0.1, 0.15) is 245 Å². The summed E-state index contributed by atoms with van der Waals surface area (Å²) in [7, 11) is 0. The average molecular weight is 970 g/mol. The Morgan fingerprint density at radius 3 is 0.871 bits per heavy atom. The van der Waals surface area contributed by atoms with Crippen molar-refractivity contribution in [3.8, 4) is 0 Å². The van der Waals surface area contributed by atoms with Gasteiger partial charge in [-0.1, -0.05) is 239 Å². The zero-order valence-electron chi connectivity index (χ0n) is 45.2. The van der Waals surface area contributed by atoms with Crippen molar-refractivity contribution in [2.75, 3.05) is 13.2 Å². The van der Waals surface area contributed by atoms with Crippen LogP contribution in [-0.2, 0) is 28.6 Å². The van der Waals surface area contributed by atoms with Crippen LogP contribution in [0.15, 0.2) is 122 Å². The zero-order chi connectivity index (χ0) is 50.7. The van der Waals surface area contributed by atoms with E-state index in [0.29, 0.717) is 19.3 Å². The van der Waals surface area contributed by atoms with Crippen molar-refractivity contribution in [3.63, 3.8) is 0 Å². The fraction of sp³-hybridized carbons (Fsp3) is 0.641. The van der Waals surface area contributed by atoms with E-state index < -0.39 is 6.10 Å². The Balaban J connectivity index is 4.33. The second-order valence-electron chi connectivity index (χ2n) is 18.4. The van der Waals surface area contributed by atoms with Gasteiger partial charge in [0, 0.05) is 19.3 Å². The second kappa shape index (κ2) is 57.4. The van der Waals surface area contributed by atoms with Crippen molar-refractivity contribution < 1.29 is 28.6 Å². The highest BCUT2D eigenvalue weighted by Crippen LogP contribution is 2.14. The molecule has 6 heteroatoms. The zero-order valence-corrected chi connectivity index (χ0v) is 45.2. The van der Waals surface area contributed by atoms with Gasteiger partial charge >= 0.3 is 17.9 Å². The molecule has 0 spiro atoms. The lowest BCUT2D eigenvalue weighted by atomic mass is 10.1. The van der Waals surface area contributed by atoms with Gasteiger partial charge in [-0.25, -0.2) is 0 Å². The largest absolute Gasteiger partial charge is 0.462 e. The Kier molecular flexibility index (Phi) is 54.0. The van der Waals surface area contributed by atoms with Crippen molar-refractivity contribution in [1.82, 2.24) is 0 Å². The maximum Gasteiger partial charge on any atom is 0.306 e. The van der Waals surface area contributed by atoms with Crippen molar-refractivity contribution in [2.24, 2.45) is 0 Å². The van der Waals surface area contributed by atoms with E-state index >= 15 is 0 Å². The van der Waals surface area contributed by atoms with Crippen LogP contribution in [0.4, 0.5) is 0 Å². The molecule has 0 saturated carbocycles. The lowest BCUT2D eigenvalue weighted by Gasteiger charge is -2.18. The van der Waals surface area contributed by atoms with Gasteiger partial charge in [0.2, 0.25) is 0 Å². The maximum atomic E-state index is 12.8. The van der Waals surface area contributed by atoms with Crippen LogP contribution in [0.25, 0.3) is 0 Å². The first kappa shape index (κ1) is 65.8. The first-order chi connectivity index (χ1) is 34.5. The number of esters is 3. The van der Waals surface area contributed by atoms with Gasteiger partial charge < -0.3 is 14.2 Å². The molecule has 0 radical (unpaired) electrons. The Morgan fingerprint density at radius 1 is 0.300 bits per heavy atom. The fourth-order valence-corrected chi connectivity index (χ4v) is 7.49. The van der Waals surface area contributed by atoms with E-state index in [1.165, 1.54) is 57.8 Å². The fourth-order valence-electron chi connectivity index (χ4n) is 7.49. The third-order valence-electron chi connectivity index (χ3n) is 11.7. The lowest BCUT2D eigenvalue weighted by Crippen LogP contribution is -2.30. The van der Waals surface area contributed by atoms with Gasteiger partial charge in [-0.05, 0) is 109 Å². The van der Waals surface area contributed by atoms with Gasteiger partial charge in [0.1, 0.15) is 13.2 Å². The molecule has 0 aliphatic heterocycles. The normalized spacial score (nSPS) is 13.0. The average Bonchev–Trinajstić information content (AvgIpc) is 3.36. The third-order valence-corrected chi connectivity index (χ3v) is 11.7. The number of hydrogen-bond acceptors (Lipinski definition) is 6. The molecule has 0 amide bonds. The van der Waals surface area contributed by atoms with Gasteiger partial charge in [-0.3, -0.25) is 14.4 Å². The van der Waals surface area contributed by atoms with Crippen LogP contribution in [0.5, 0.6) is 0 Å². The molecule has 0 aromatic heterocycles. The summed E-state index contributed by atoms with van der Waals surface area (Å²) in [6, 6.07) is 0. The molecule has 0 aromatic carbocycles. The van der Waals surface area contributed by atoms with Crippen LogP contribution in [-0.4, -0.2) is 37.2 Å². The summed E-state index contributed by atoms with van der Waals surface area (Å²) >= 11 is 0. The molecule has 70 heavy (non-hydrogen) atoms. The third kappa shape index (κ3) is 54.7. The van der Waals surface area contributed by atoms with E-state index in [1.807, 2.05) is 0 Å². The smallest absolute Gasteiger partial charge is 0.306 e. The molecule has 0 saturated heterocycles. The number of hydrogen-bond donors (Lipinski definition) is 0. The van der Waals surface area contributed by atoms with Gasteiger partial charge in [-0.2, -0.15) is 0 Å². The Hall–Kier alpha value is -4.19. The number of allylic oxidation sites excluding steroid dienone is 20. The van der Waals surface area contributed by atoms with Gasteiger partial charge in [0.05, 0.1) is 0 Å². The van der Waals surface area contributed by atoms with Crippen LogP contribution in [0, 0.1) is 0 Å². The molecule has 396 valence electrons. The van der Waals surface area contributed by atoms with Crippen LogP contribution >= 0.6 is 0 Å². The minimum absolute atomic E-state index is 0.0915. The summed E-state index contributed by atoms with van der Waals surface area (Å²) in [5, 5.41) is 0. The molecule has 1 atom stereocenters. The summed E-state index contributed by atoms with van der Waals surface area (Å²) in [6.07, 6.45) is 79.1. The first-order valence-electron chi connectivity index (χ1n) is 28.5. The summed E-state index contributed by atoms with van der Waals surface area (Å²) in [6.45, 7) is 6.35. The molecule has 0 aliphatic rings. The highest BCUT2D eigenvalue weighted by Gasteiger charge is 2.19. The highest BCUT2D eigenvalue weighted by molar-refractivity contribution is 5.71. The van der Waals surface area contributed by atoms with Crippen LogP contribution in [0.2, 0.25) is 0 Å². The van der Waals surface area contributed by atoms with Gasteiger partial charge in [0.25, 0.3) is 0 Å². The molecule has 0 heterocycles. The maximum absolute atomic E-state index is 12.8. The summed E-state index contributed by atoms with van der Waals surface area (Å²) in [5.41, 5.74) is 0. The molecule has 0 rings (SSSR count). The molecule has 0 N–H and O–H groups in total. The second-order valence-corrected chi connectivity index (χ2v) is 18.4. The molecule has 0 aliphatic carbocycles. The predicted molar refractivity (Wildman–Crippen MR) is 302 cm³/mol. The quantitative estimate of drug-likeness (QED) is 0.0262. The number of unbranched alkanes of at least 4 members (excludes halogenated alkanes) is 19.